The maximum atomic E-state index is 12.6. The van der Waals surface area contributed by atoms with Crippen LogP contribution in [0, 0.1) is 40.9 Å². The van der Waals surface area contributed by atoms with Gasteiger partial charge in [-0.1, -0.05) is 70.0 Å². The van der Waals surface area contributed by atoms with Gasteiger partial charge in [0.25, 0.3) is 6.47 Å². The Hall–Kier alpha value is -7.05. The first-order chi connectivity index (χ1) is 36.1. The summed E-state index contributed by atoms with van der Waals surface area (Å²) in [6.07, 6.45) is 16.9. The molecule has 19 nitrogen and oxygen atoms in total. The Bertz CT molecular complexity index is 2290. The third-order valence-electron chi connectivity index (χ3n) is 11.3. The maximum absolute atomic E-state index is 12.6. The van der Waals surface area contributed by atoms with Crippen molar-refractivity contribution in [3.8, 4) is 5.75 Å². The van der Waals surface area contributed by atoms with E-state index in [1.165, 1.54) is 7.05 Å². The van der Waals surface area contributed by atoms with E-state index in [1.807, 2.05) is 57.2 Å². The summed E-state index contributed by atoms with van der Waals surface area (Å²) in [6.45, 7) is 14.9. The number of methoxy groups -OCH3 is 1. The fourth-order valence-corrected chi connectivity index (χ4v) is 7.72. The third-order valence-corrected chi connectivity index (χ3v) is 11.3. The molecule has 0 radical (unpaired) electrons. The second kappa shape index (κ2) is 37.6. The molecule has 1 aliphatic carbocycles. The number of amidine groups is 1. The summed E-state index contributed by atoms with van der Waals surface area (Å²) in [5, 5.41) is 25.9. The van der Waals surface area contributed by atoms with E-state index >= 15 is 0 Å². The second-order valence-corrected chi connectivity index (χ2v) is 17.8. The minimum Gasteiger partial charge on any atom is -0.491 e. The molecule has 11 N–H and O–H groups in total. The zero-order valence-corrected chi connectivity index (χ0v) is 44.5. The van der Waals surface area contributed by atoms with Crippen LogP contribution >= 0.6 is 0 Å². The van der Waals surface area contributed by atoms with Gasteiger partial charge in [0.15, 0.2) is 5.75 Å². The highest BCUT2D eigenvalue weighted by atomic mass is 19.2. The van der Waals surface area contributed by atoms with Gasteiger partial charge in [-0.25, -0.2) is 18.2 Å². The number of primary amides is 1. The molecule has 424 valence electrons. The van der Waals surface area contributed by atoms with Crippen LogP contribution in [0.1, 0.15) is 115 Å². The van der Waals surface area contributed by atoms with Crippen LogP contribution in [-0.2, 0) is 48.4 Å². The van der Waals surface area contributed by atoms with Crippen LogP contribution < -0.4 is 37.9 Å². The summed E-state index contributed by atoms with van der Waals surface area (Å²) in [6, 6.07) is 7.89. The number of aldehydes is 1. The second-order valence-electron chi connectivity index (χ2n) is 17.8. The van der Waals surface area contributed by atoms with Crippen molar-refractivity contribution in [2.45, 2.75) is 130 Å². The highest BCUT2D eigenvalue weighted by Gasteiger charge is 2.36. The van der Waals surface area contributed by atoms with E-state index in [9.17, 15) is 46.2 Å². The Kier molecular flexibility index (Phi) is 34.2. The number of aliphatic imine (C=N–C) groups is 1. The van der Waals surface area contributed by atoms with Crippen molar-refractivity contribution >= 4 is 49.4 Å². The van der Waals surface area contributed by atoms with E-state index in [0.717, 1.165) is 93.5 Å². The van der Waals surface area contributed by atoms with Crippen LogP contribution in [-0.4, -0.2) is 113 Å². The Morgan fingerprint density at radius 2 is 1.46 bits per heavy atom. The minimum atomic E-state index is -2.20. The summed E-state index contributed by atoms with van der Waals surface area (Å²) < 4.78 is 68.3. The number of carbonyl (C=O) groups is 6. The number of hydrogen-bond acceptors (Lipinski definition) is 13. The molecule has 76 heavy (non-hydrogen) atoms. The van der Waals surface area contributed by atoms with Crippen LogP contribution in [0.3, 0.4) is 0 Å². The molecular formula is C52H77F5N10O9. The summed E-state index contributed by atoms with van der Waals surface area (Å²) in [5.41, 5.74) is 17.7. The molecule has 4 atom stereocenters. The molecule has 3 unspecified atom stereocenters. The molecule has 24 heteroatoms. The van der Waals surface area contributed by atoms with Gasteiger partial charge in [0.1, 0.15) is 23.6 Å². The lowest BCUT2D eigenvalue weighted by Crippen LogP contribution is -2.39. The molecule has 4 amide bonds. The zero-order valence-electron chi connectivity index (χ0n) is 44.5. The molecule has 2 aromatic carbocycles. The molecule has 5 rings (SSSR count). The average Bonchev–Trinajstić information content (AvgIpc) is 3.73. The highest BCUT2D eigenvalue weighted by Crippen LogP contribution is 2.36. The Labute approximate surface area is 441 Å². The third kappa shape index (κ3) is 23.7. The first-order valence-corrected chi connectivity index (χ1v) is 24.4. The van der Waals surface area contributed by atoms with Gasteiger partial charge in [0, 0.05) is 43.1 Å². The number of nitrogens with two attached hydrogens (primary N) is 3. The van der Waals surface area contributed by atoms with Crippen LogP contribution in [0.15, 0.2) is 53.6 Å². The number of unbranched alkanes of at least 4 members (excludes halogenated alkanes) is 3. The number of nitrogens with one attached hydrogen (secondary N) is 3. The number of fused-ring (bicyclic) bond motifs is 3. The van der Waals surface area contributed by atoms with Gasteiger partial charge in [0.05, 0.1) is 37.5 Å². The summed E-state index contributed by atoms with van der Waals surface area (Å²) >= 11 is 0. The number of rotatable bonds is 24. The fraction of sp³-hybridized carbons (Fsp3) is 0.500. The number of amides is 4. The molecule has 0 spiro atoms. The quantitative estimate of drug-likeness (QED) is 0.0175. The summed E-state index contributed by atoms with van der Waals surface area (Å²) in [5.74, 6) is -9.62. The molecular weight excluding hydrogens is 1000 g/mol. The number of benzene rings is 2. The maximum Gasteiger partial charge on any atom is 0.290 e. The number of aromatic nitrogens is 2. The highest BCUT2D eigenvalue weighted by molar-refractivity contribution is 5.98. The van der Waals surface area contributed by atoms with Gasteiger partial charge < -0.3 is 57.5 Å². The van der Waals surface area contributed by atoms with Crippen LogP contribution in [0.4, 0.5) is 27.6 Å². The predicted molar refractivity (Wildman–Crippen MR) is 280 cm³/mol. The van der Waals surface area contributed by atoms with E-state index in [4.69, 9.17) is 25.4 Å². The summed E-state index contributed by atoms with van der Waals surface area (Å²) in [4.78, 5) is 72.3. The van der Waals surface area contributed by atoms with Gasteiger partial charge >= 0.3 is 0 Å². The lowest BCUT2D eigenvalue weighted by Gasteiger charge is -2.30. The van der Waals surface area contributed by atoms with Crippen molar-refractivity contribution in [1.29, 1.82) is 0 Å². The van der Waals surface area contributed by atoms with E-state index in [0.29, 0.717) is 50.6 Å². The molecule has 0 saturated heterocycles. The SMILES string of the molecule is CC(CCCNC=O)NC(=O)[C@@H](CCCCCC=O)C(C)C.CCN(Cc1ccc(NC=O)cc1)Cc1nc2c(n1CC(C)(C)O)C1C=CC=CC1N=C2N.CN.COc1c(F)c(F)c(F)c(F)c1F.NC=O.O=CO. The number of carbonyl (C=O) groups excluding carboxylic acids is 5. The van der Waals surface area contributed by atoms with Gasteiger partial charge in [-0.15, -0.1) is 0 Å². The predicted octanol–water partition coefficient (Wildman–Crippen LogP) is 5.75. The van der Waals surface area contributed by atoms with E-state index in [1.54, 1.807) is 0 Å². The standard InChI is InChI=1S/C25H32N6O2.C17H32N2O3.C7H3F5O.CH3NO.CH5N.CH2O2/c1-4-30(13-17-9-11-18(12-10-17)27-16-32)14-21-29-22-23(31(21)15-25(2,3)33)19-7-5-6-8-20(19)28-24(22)26;1-14(2)16(10-6-4-5-7-12-20)17(22)19-15(3)9-8-11-18-13-21;1-13-7-5(11)3(9)2(8)4(10)6(7)12;2-1-3;1-2;2-1-3/h5-12,16,19-20,33H,4,13-15H2,1-3H3,(H2,26,28)(H,27,32);12-16H,4-11H2,1-3H3,(H,18,21)(H,19,22);1H3;1H,(H2,2,3);2H2,1H3;1H,(H,2,3)/t;15?,16-;;;;/m.0..../s1. The Balaban J connectivity index is 0.00000113. The van der Waals surface area contributed by atoms with Crippen molar-refractivity contribution in [2.24, 2.45) is 34.0 Å². The van der Waals surface area contributed by atoms with Crippen LogP contribution in [0.2, 0.25) is 0 Å². The smallest absolute Gasteiger partial charge is 0.290 e. The normalized spacial score (nSPS) is 14.4. The zero-order chi connectivity index (χ0) is 58.0. The van der Waals surface area contributed by atoms with Gasteiger partial charge in [-0.3, -0.25) is 33.9 Å². The molecule has 1 aromatic heterocycles. The molecule has 1 aliphatic heterocycles. The first kappa shape index (κ1) is 69.0. The first-order valence-electron chi connectivity index (χ1n) is 24.4. The number of ether oxygens (including phenoxy) is 1. The Morgan fingerprint density at radius 1 is 0.882 bits per heavy atom. The largest absolute Gasteiger partial charge is 0.491 e. The van der Waals surface area contributed by atoms with E-state index in [-0.39, 0.29) is 42.7 Å². The molecule has 0 fully saturated rings. The average molecular weight is 1080 g/mol. The minimum absolute atomic E-state index is 0.0341. The van der Waals surface area contributed by atoms with Gasteiger partial charge in [0.2, 0.25) is 54.2 Å². The van der Waals surface area contributed by atoms with Crippen LogP contribution in [0.25, 0.3) is 0 Å². The molecule has 3 aromatic rings. The number of imidazole rings is 1. The topological polar surface area (TPSA) is 300 Å². The van der Waals surface area contributed by atoms with Crippen molar-refractivity contribution in [3.63, 3.8) is 0 Å². The number of halogens is 5. The van der Waals surface area contributed by atoms with Crippen molar-refractivity contribution in [1.82, 2.24) is 25.1 Å². The number of anilines is 1. The van der Waals surface area contributed by atoms with E-state index < -0.39 is 40.4 Å². The Morgan fingerprint density at radius 3 is 1.97 bits per heavy atom. The van der Waals surface area contributed by atoms with Gasteiger partial charge in [-0.2, -0.15) is 8.78 Å². The number of carboxylic acid groups (broad SMARTS) is 1. The monoisotopic (exact) mass is 1080 g/mol. The molecule has 0 saturated carbocycles. The van der Waals surface area contributed by atoms with E-state index in [2.05, 4.69) is 79.5 Å². The summed E-state index contributed by atoms with van der Waals surface area (Å²) in [7, 11) is 2.30. The van der Waals surface area contributed by atoms with Crippen molar-refractivity contribution in [2.75, 3.05) is 32.6 Å². The van der Waals surface area contributed by atoms with Crippen molar-refractivity contribution < 1.29 is 65.7 Å². The number of allylic oxidation sites excluding steroid dienone is 2. The van der Waals surface area contributed by atoms with Gasteiger partial charge in [-0.05, 0) is 83.7 Å². The fourth-order valence-electron chi connectivity index (χ4n) is 7.72. The lowest BCUT2D eigenvalue weighted by atomic mass is 9.88. The lowest BCUT2D eigenvalue weighted by molar-refractivity contribution is -0.127. The molecule has 2 aliphatic rings. The van der Waals surface area contributed by atoms with Crippen LogP contribution in [0.5, 0.6) is 5.75 Å². The molecule has 0 bridgehead atoms. The molecule has 2 heterocycles. The number of aliphatic hydroxyl groups is 1. The number of nitrogens with zero attached hydrogens (tertiary/aromatic N) is 4. The number of hydrogen-bond donors (Lipinski definition) is 8. The van der Waals surface area contributed by atoms with Crippen molar-refractivity contribution in [3.05, 3.63) is 100 Å².